The van der Waals surface area contributed by atoms with Crippen LogP contribution in [0.4, 0.5) is 0 Å². The van der Waals surface area contributed by atoms with E-state index in [-0.39, 0.29) is 0 Å². The van der Waals surface area contributed by atoms with Crippen LogP contribution in [0.3, 0.4) is 0 Å². The molecule has 2 atom stereocenters. The predicted octanol–water partition coefficient (Wildman–Crippen LogP) is 3.85. The number of hydrogen-bond donors (Lipinski definition) is 0. The second-order valence-corrected chi connectivity index (χ2v) is 5.30. The van der Waals surface area contributed by atoms with Crippen molar-refractivity contribution in [2.45, 2.75) is 19.4 Å². The van der Waals surface area contributed by atoms with E-state index in [4.69, 9.17) is 0 Å². The van der Waals surface area contributed by atoms with Crippen molar-refractivity contribution in [3.8, 4) is 0 Å². The van der Waals surface area contributed by atoms with Crippen molar-refractivity contribution in [2.24, 2.45) is 5.92 Å². The highest BCUT2D eigenvalue weighted by Crippen LogP contribution is 2.36. The van der Waals surface area contributed by atoms with Crippen LogP contribution < -0.4 is 0 Å². The van der Waals surface area contributed by atoms with Gasteiger partial charge in [0.25, 0.3) is 0 Å². The molecule has 1 aliphatic rings. The van der Waals surface area contributed by atoms with E-state index in [1.807, 2.05) is 0 Å². The minimum absolute atomic E-state index is 0.597. The minimum Gasteiger partial charge on any atom is -0.299 e. The van der Waals surface area contributed by atoms with E-state index in [0.717, 1.165) is 5.92 Å². The van der Waals surface area contributed by atoms with Crippen LogP contribution in [0.15, 0.2) is 42.5 Å². The Morgan fingerprint density at radius 3 is 2.53 bits per heavy atom. The molecular formula is C16H19N. The minimum atomic E-state index is 0.597. The zero-order valence-corrected chi connectivity index (χ0v) is 10.6. The van der Waals surface area contributed by atoms with Gasteiger partial charge in [-0.05, 0) is 48.3 Å². The van der Waals surface area contributed by atoms with Crippen molar-refractivity contribution in [3.63, 3.8) is 0 Å². The molecule has 1 nitrogen and oxygen atoms in total. The molecule has 88 valence electrons. The second-order valence-electron chi connectivity index (χ2n) is 5.30. The van der Waals surface area contributed by atoms with Gasteiger partial charge >= 0.3 is 0 Å². The Bertz CT molecular complexity index is 522. The van der Waals surface area contributed by atoms with Crippen molar-refractivity contribution in [1.82, 2.24) is 4.90 Å². The molecule has 0 aliphatic carbocycles. The molecule has 1 heterocycles. The Balaban J connectivity index is 2.05. The lowest BCUT2D eigenvalue weighted by Gasteiger charge is -2.23. The topological polar surface area (TPSA) is 3.24 Å². The summed E-state index contributed by atoms with van der Waals surface area (Å²) < 4.78 is 0. The second kappa shape index (κ2) is 4.15. The zero-order valence-electron chi connectivity index (χ0n) is 10.6. The molecule has 17 heavy (non-hydrogen) atoms. The Morgan fingerprint density at radius 2 is 1.82 bits per heavy atom. The first kappa shape index (κ1) is 10.8. The van der Waals surface area contributed by atoms with Gasteiger partial charge in [0.05, 0.1) is 0 Å². The summed E-state index contributed by atoms with van der Waals surface area (Å²) in [7, 11) is 2.24. The predicted molar refractivity (Wildman–Crippen MR) is 73.1 cm³/mol. The third-order valence-corrected chi connectivity index (χ3v) is 4.07. The van der Waals surface area contributed by atoms with Gasteiger partial charge < -0.3 is 0 Å². The number of rotatable bonds is 1. The fraction of sp³-hybridized carbons (Fsp3) is 0.375. The highest BCUT2D eigenvalue weighted by molar-refractivity contribution is 5.83. The van der Waals surface area contributed by atoms with Crippen molar-refractivity contribution < 1.29 is 0 Å². The van der Waals surface area contributed by atoms with Gasteiger partial charge in [-0.1, -0.05) is 43.3 Å². The molecule has 2 aromatic carbocycles. The van der Waals surface area contributed by atoms with E-state index in [2.05, 4.69) is 61.3 Å². The van der Waals surface area contributed by atoms with Crippen molar-refractivity contribution in [3.05, 3.63) is 48.0 Å². The van der Waals surface area contributed by atoms with Crippen molar-refractivity contribution >= 4 is 10.8 Å². The Morgan fingerprint density at radius 1 is 1.06 bits per heavy atom. The average Bonchev–Trinajstić information content (AvgIpc) is 2.68. The summed E-state index contributed by atoms with van der Waals surface area (Å²) in [4.78, 5) is 2.48. The lowest BCUT2D eigenvalue weighted by atomic mass is 9.94. The van der Waals surface area contributed by atoms with Crippen molar-refractivity contribution in [1.29, 1.82) is 0 Å². The monoisotopic (exact) mass is 225 g/mol. The maximum Gasteiger partial charge on any atom is 0.0371 e. The van der Waals surface area contributed by atoms with Gasteiger partial charge in [-0.2, -0.15) is 0 Å². The molecule has 0 amide bonds. The van der Waals surface area contributed by atoms with Gasteiger partial charge in [0.1, 0.15) is 0 Å². The van der Waals surface area contributed by atoms with E-state index in [0.29, 0.717) is 6.04 Å². The van der Waals surface area contributed by atoms with E-state index in [9.17, 15) is 0 Å². The largest absolute Gasteiger partial charge is 0.299 e. The molecule has 2 aromatic rings. The standard InChI is InChI=1S/C16H19N/c1-12-9-10-17(2)16(12)15-8-7-13-5-3-4-6-14(13)11-15/h3-8,11-12,16H,9-10H2,1-2H3/t12-,16-/m1/s1. The molecule has 0 spiro atoms. The molecule has 3 rings (SSSR count). The molecule has 1 heteroatoms. The van der Waals surface area contributed by atoms with Crippen LogP contribution in [-0.2, 0) is 0 Å². The maximum absolute atomic E-state index is 2.48. The molecule has 0 saturated carbocycles. The summed E-state index contributed by atoms with van der Waals surface area (Å²) in [5.74, 6) is 0.765. The summed E-state index contributed by atoms with van der Waals surface area (Å²) in [6.07, 6.45) is 1.31. The fourth-order valence-electron chi connectivity index (χ4n) is 3.11. The van der Waals surface area contributed by atoms with Crippen molar-refractivity contribution in [2.75, 3.05) is 13.6 Å². The molecule has 0 N–H and O–H groups in total. The van der Waals surface area contributed by atoms with E-state index in [1.54, 1.807) is 0 Å². The molecular weight excluding hydrogens is 206 g/mol. The van der Waals surface area contributed by atoms with Crippen LogP contribution in [0.1, 0.15) is 24.9 Å². The van der Waals surface area contributed by atoms with Gasteiger partial charge in [0.15, 0.2) is 0 Å². The third kappa shape index (κ3) is 1.85. The molecule has 1 saturated heterocycles. The van der Waals surface area contributed by atoms with Crippen LogP contribution in [0, 0.1) is 5.92 Å². The van der Waals surface area contributed by atoms with E-state index < -0.39 is 0 Å². The SMILES string of the molecule is C[C@@H]1CCN(C)[C@H]1c1ccc2ccccc2c1. The molecule has 1 aliphatic heterocycles. The van der Waals surface area contributed by atoms with Gasteiger partial charge in [-0.25, -0.2) is 0 Å². The lowest BCUT2D eigenvalue weighted by molar-refractivity contribution is 0.286. The zero-order chi connectivity index (χ0) is 11.8. The van der Waals surface area contributed by atoms with E-state index in [1.165, 1.54) is 29.3 Å². The van der Waals surface area contributed by atoms with E-state index >= 15 is 0 Å². The van der Waals surface area contributed by atoms with Crippen LogP contribution in [0.5, 0.6) is 0 Å². The summed E-state index contributed by atoms with van der Waals surface area (Å²) in [6, 6.07) is 16.1. The van der Waals surface area contributed by atoms with Gasteiger partial charge in [0, 0.05) is 6.04 Å². The van der Waals surface area contributed by atoms with Crippen LogP contribution in [-0.4, -0.2) is 18.5 Å². The smallest absolute Gasteiger partial charge is 0.0371 e. The first-order chi connectivity index (χ1) is 8.25. The first-order valence-electron chi connectivity index (χ1n) is 6.44. The van der Waals surface area contributed by atoms with Gasteiger partial charge in [0.2, 0.25) is 0 Å². The Labute approximate surface area is 103 Å². The molecule has 0 aromatic heterocycles. The average molecular weight is 225 g/mol. The fourth-order valence-corrected chi connectivity index (χ4v) is 3.11. The number of fused-ring (bicyclic) bond motifs is 1. The first-order valence-corrected chi connectivity index (χ1v) is 6.44. The number of hydrogen-bond acceptors (Lipinski definition) is 1. The molecule has 0 radical (unpaired) electrons. The number of benzene rings is 2. The number of likely N-dealkylation sites (tertiary alicyclic amines) is 1. The highest BCUT2D eigenvalue weighted by Gasteiger charge is 2.29. The lowest BCUT2D eigenvalue weighted by Crippen LogP contribution is -2.20. The van der Waals surface area contributed by atoms with Gasteiger partial charge in [-0.3, -0.25) is 4.90 Å². The molecule has 0 bridgehead atoms. The quantitative estimate of drug-likeness (QED) is 0.712. The summed E-state index contributed by atoms with van der Waals surface area (Å²) in [5, 5.41) is 2.70. The highest BCUT2D eigenvalue weighted by atomic mass is 15.2. The summed E-state index contributed by atoms with van der Waals surface area (Å²) in [5.41, 5.74) is 1.47. The van der Waals surface area contributed by atoms with Crippen LogP contribution in [0.25, 0.3) is 10.8 Å². The molecule has 0 unspecified atom stereocenters. The summed E-state index contributed by atoms with van der Waals surface area (Å²) >= 11 is 0. The van der Waals surface area contributed by atoms with Crippen LogP contribution in [0.2, 0.25) is 0 Å². The van der Waals surface area contributed by atoms with Crippen LogP contribution >= 0.6 is 0 Å². The maximum atomic E-state index is 2.48. The van der Waals surface area contributed by atoms with Gasteiger partial charge in [-0.15, -0.1) is 0 Å². The Kier molecular flexibility index (Phi) is 2.64. The Hall–Kier alpha value is -1.34. The normalized spacial score (nSPS) is 25.5. The summed E-state index contributed by atoms with van der Waals surface area (Å²) in [6.45, 7) is 3.59. The third-order valence-electron chi connectivity index (χ3n) is 4.07. The number of nitrogens with zero attached hydrogens (tertiary/aromatic N) is 1. The molecule has 1 fully saturated rings.